The Hall–Kier alpha value is -0.200. The summed E-state index contributed by atoms with van der Waals surface area (Å²) in [5.74, 6) is 0. The zero-order valence-electron chi connectivity index (χ0n) is 4.91. The van der Waals surface area contributed by atoms with Crippen LogP contribution in [-0.2, 0) is 0 Å². The Labute approximate surface area is 64.4 Å². The predicted octanol–water partition coefficient (Wildman–Crippen LogP) is 3.10. The standard InChI is InChI=1S/C7H5Cl2/c1-5-6(8)3-2-4-7(5)9/h3-4H,1H3. The Kier molecular flexibility index (Phi) is 1.99. The molecule has 0 aliphatic carbocycles. The fraction of sp³-hybridized carbons (Fsp3) is 0.143. The number of rotatable bonds is 0. The van der Waals surface area contributed by atoms with Crippen molar-refractivity contribution >= 4 is 23.2 Å². The zero-order valence-corrected chi connectivity index (χ0v) is 6.42. The summed E-state index contributed by atoms with van der Waals surface area (Å²) >= 11 is 11.4. The molecule has 1 aromatic carbocycles. The molecule has 0 bridgehead atoms. The highest BCUT2D eigenvalue weighted by atomic mass is 35.5. The van der Waals surface area contributed by atoms with Gasteiger partial charge in [-0.15, -0.1) is 0 Å². The van der Waals surface area contributed by atoms with Crippen LogP contribution in [0.5, 0.6) is 0 Å². The summed E-state index contributed by atoms with van der Waals surface area (Å²) in [7, 11) is 0. The zero-order chi connectivity index (χ0) is 6.85. The second kappa shape index (κ2) is 2.59. The molecule has 2 heteroatoms. The van der Waals surface area contributed by atoms with Crippen molar-refractivity contribution in [3.63, 3.8) is 0 Å². The highest BCUT2D eigenvalue weighted by molar-refractivity contribution is 6.35. The molecule has 0 aromatic heterocycles. The minimum Gasteiger partial charge on any atom is -0.0840 e. The lowest BCUT2D eigenvalue weighted by atomic mass is 10.2. The van der Waals surface area contributed by atoms with Gasteiger partial charge in [-0.1, -0.05) is 23.2 Å². The highest BCUT2D eigenvalue weighted by Gasteiger charge is 1.96. The van der Waals surface area contributed by atoms with Crippen molar-refractivity contribution in [3.05, 3.63) is 33.8 Å². The molecular weight excluding hydrogens is 155 g/mol. The average Bonchev–Trinajstić information content (AvgIpc) is 1.83. The van der Waals surface area contributed by atoms with Gasteiger partial charge in [-0.05, 0) is 30.7 Å². The molecular formula is C7H5Cl2. The van der Waals surface area contributed by atoms with E-state index in [-0.39, 0.29) is 0 Å². The van der Waals surface area contributed by atoms with Crippen LogP contribution in [0.4, 0.5) is 0 Å². The Morgan fingerprint density at radius 2 is 1.67 bits per heavy atom. The van der Waals surface area contributed by atoms with Crippen molar-refractivity contribution in [3.8, 4) is 0 Å². The minimum absolute atomic E-state index is 0.669. The third kappa shape index (κ3) is 1.38. The molecule has 0 fully saturated rings. The van der Waals surface area contributed by atoms with E-state index in [1.165, 1.54) is 0 Å². The van der Waals surface area contributed by atoms with Crippen LogP contribution >= 0.6 is 23.2 Å². The van der Waals surface area contributed by atoms with Gasteiger partial charge in [-0.2, -0.15) is 0 Å². The summed E-state index contributed by atoms with van der Waals surface area (Å²) < 4.78 is 0. The number of hydrogen-bond donors (Lipinski definition) is 0. The van der Waals surface area contributed by atoms with E-state index in [1.807, 2.05) is 6.92 Å². The van der Waals surface area contributed by atoms with Crippen LogP contribution in [0, 0.1) is 13.0 Å². The maximum atomic E-state index is 5.70. The molecule has 0 nitrogen and oxygen atoms in total. The van der Waals surface area contributed by atoms with Crippen LogP contribution in [0.15, 0.2) is 12.1 Å². The second-order valence-corrected chi connectivity index (χ2v) is 2.59. The molecule has 47 valence electrons. The molecule has 0 N–H and O–H groups in total. The van der Waals surface area contributed by atoms with Crippen LogP contribution in [0.2, 0.25) is 10.0 Å². The summed E-state index contributed by atoms with van der Waals surface area (Å²) in [4.78, 5) is 0. The van der Waals surface area contributed by atoms with Crippen LogP contribution in [0.25, 0.3) is 0 Å². The van der Waals surface area contributed by atoms with Crippen molar-refractivity contribution in [2.24, 2.45) is 0 Å². The highest BCUT2D eigenvalue weighted by Crippen LogP contribution is 2.21. The topological polar surface area (TPSA) is 0 Å². The minimum atomic E-state index is 0.669. The van der Waals surface area contributed by atoms with Gasteiger partial charge >= 0.3 is 0 Å². The average molecular weight is 160 g/mol. The van der Waals surface area contributed by atoms with Gasteiger partial charge in [0.15, 0.2) is 0 Å². The summed E-state index contributed by atoms with van der Waals surface area (Å²) in [5.41, 5.74) is 0.914. The smallest absolute Gasteiger partial charge is 0.0456 e. The van der Waals surface area contributed by atoms with Crippen molar-refractivity contribution in [2.45, 2.75) is 6.92 Å². The maximum absolute atomic E-state index is 5.70. The molecule has 0 aliphatic heterocycles. The quantitative estimate of drug-likeness (QED) is 0.546. The first-order chi connectivity index (χ1) is 4.22. The van der Waals surface area contributed by atoms with Crippen molar-refractivity contribution in [1.29, 1.82) is 0 Å². The monoisotopic (exact) mass is 159 g/mol. The molecule has 0 atom stereocenters. The molecule has 0 saturated heterocycles. The Morgan fingerprint density at radius 3 is 2.00 bits per heavy atom. The van der Waals surface area contributed by atoms with E-state index in [9.17, 15) is 0 Å². The van der Waals surface area contributed by atoms with Gasteiger partial charge in [-0.25, -0.2) is 0 Å². The lowest BCUT2D eigenvalue weighted by Crippen LogP contribution is -1.74. The lowest BCUT2D eigenvalue weighted by molar-refractivity contribution is 1.47. The second-order valence-electron chi connectivity index (χ2n) is 1.78. The molecule has 1 rings (SSSR count). The van der Waals surface area contributed by atoms with E-state index in [1.54, 1.807) is 12.1 Å². The first-order valence-corrected chi connectivity index (χ1v) is 3.29. The molecule has 9 heavy (non-hydrogen) atoms. The SMILES string of the molecule is Cc1c(Cl)c[c]cc1Cl. The van der Waals surface area contributed by atoms with Gasteiger partial charge in [-0.3, -0.25) is 0 Å². The number of halogens is 2. The van der Waals surface area contributed by atoms with Gasteiger partial charge in [0.2, 0.25) is 0 Å². The van der Waals surface area contributed by atoms with Gasteiger partial charge in [0.1, 0.15) is 0 Å². The number of hydrogen-bond acceptors (Lipinski definition) is 0. The van der Waals surface area contributed by atoms with E-state index < -0.39 is 0 Å². The summed E-state index contributed by atoms with van der Waals surface area (Å²) in [6.45, 7) is 1.87. The fourth-order valence-electron chi connectivity index (χ4n) is 0.519. The molecule has 0 amide bonds. The van der Waals surface area contributed by atoms with Crippen LogP contribution in [0.3, 0.4) is 0 Å². The third-order valence-electron chi connectivity index (χ3n) is 1.14. The van der Waals surface area contributed by atoms with Gasteiger partial charge in [0.05, 0.1) is 0 Å². The Balaban J connectivity index is 3.25. The Morgan fingerprint density at radius 1 is 1.22 bits per heavy atom. The maximum Gasteiger partial charge on any atom is 0.0456 e. The molecule has 0 aliphatic rings. The van der Waals surface area contributed by atoms with E-state index in [4.69, 9.17) is 23.2 Å². The molecule has 1 aromatic rings. The van der Waals surface area contributed by atoms with E-state index >= 15 is 0 Å². The predicted molar refractivity (Wildman–Crippen MR) is 40.0 cm³/mol. The van der Waals surface area contributed by atoms with Crippen molar-refractivity contribution in [1.82, 2.24) is 0 Å². The van der Waals surface area contributed by atoms with E-state index in [2.05, 4.69) is 6.07 Å². The third-order valence-corrected chi connectivity index (χ3v) is 1.92. The molecule has 0 saturated carbocycles. The first-order valence-electron chi connectivity index (χ1n) is 2.53. The molecule has 0 unspecified atom stereocenters. The van der Waals surface area contributed by atoms with Gasteiger partial charge in [0, 0.05) is 10.0 Å². The van der Waals surface area contributed by atoms with E-state index in [0.717, 1.165) is 5.56 Å². The van der Waals surface area contributed by atoms with Crippen LogP contribution in [0.1, 0.15) is 5.56 Å². The first kappa shape index (κ1) is 6.91. The Bertz CT molecular complexity index is 198. The fourth-order valence-corrected chi connectivity index (χ4v) is 0.897. The van der Waals surface area contributed by atoms with Crippen molar-refractivity contribution in [2.75, 3.05) is 0 Å². The van der Waals surface area contributed by atoms with E-state index in [0.29, 0.717) is 10.0 Å². The van der Waals surface area contributed by atoms with Crippen LogP contribution in [-0.4, -0.2) is 0 Å². The van der Waals surface area contributed by atoms with Gasteiger partial charge < -0.3 is 0 Å². The number of benzene rings is 1. The molecule has 1 radical (unpaired) electrons. The summed E-state index contributed by atoms with van der Waals surface area (Å²) in [6.07, 6.45) is 0. The summed E-state index contributed by atoms with van der Waals surface area (Å²) in [5, 5.41) is 1.34. The van der Waals surface area contributed by atoms with Crippen molar-refractivity contribution < 1.29 is 0 Å². The van der Waals surface area contributed by atoms with Gasteiger partial charge in [0.25, 0.3) is 0 Å². The molecule has 0 spiro atoms. The summed E-state index contributed by atoms with van der Waals surface area (Å²) in [6, 6.07) is 6.20. The van der Waals surface area contributed by atoms with Crippen LogP contribution < -0.4 is 0 Å². The lowest BCUT2D eigenvalue weighted by Gasteiger charge is -1.96. The largest absolute Gasteiger partial charge is 0.0840 e. The normalized spacial score (nSPS) is 9.67. The molecule has 0 heterocycles.